The lowest BCUT2D eigenvalue weighted by atomic mass is 10.2. The lowest BCUT2D eigenvalue weighted by Crippen LogP contribution is -2.37. The molecule has 0 radical (unpaired) electrons. The predicted molar refractivity (Wildman–Crippen MR) is 75.9 cm³/mol. The van der Waals surface area contributed by atoms with E-state index in [0.29, 0.717) is 24.4 Å². The first-order valence-electron chi connectivity index (χ1n) is 6.57. The van der Waals surface area contributed by atoms with E-state index in [1.54, 1.807) is 0 Å². The Hall–Kier alpha value is -1.73. The minimum absolute atomic E-state index is 0.0589. The molecular formula is C13H15N3O3S. The Bertz CT molecular complexity index is 673. The van der Waals surface area contributed by atoms with Gasteiger partial charge in [-0.2, -0.15) is 0 Å². The Kier molecular flexibility index (Phi) is 3.79. The van der Waals surface area contributed by atoms with E-state index in [1.807, 2.05) is 11.4 Å². The lowest BCUT2D eigenvalue weighted by Gasteiger charge is -2.11. The molecule has 20 heavy (non-hydrogen) atoms. The summed E-state index contributed by atoms with van der Waals surface area (Å²) in [5.74, 6) is -0.0966. The van der Waals surface area contributed by atoms with Crippen LogP contribution in [0.25, 0.3) is 10.2 Å². The van der Waals surface area contributed by atoms with Crippen LogP contribution in [-0.2, 0) is 16.1 Å². The monoisotopic (exact) mass is 293 g/mol. The molecule has 1 amide bonds. The summed E-state index contributed by atoms with van der Waals surface area (Å²) < 4.78 is 7.47. The molecule has 0 aromatic carbocycles. The van der Waals surface area contributed by atoms with Gasteiger partial charge < -0.3 is 10.1 Å². The summed E-state index contributed by atoms with van der Waals surface area (Å²) in [6, 6.07) is 1.82. The number of hydrogen-bond acceptors (Lipinski definition) is 5. The zero-order chi connectivity index (χ0) is 13.9. The maximum atomic E-state index is 12.1. The summed E-state index contributed by atoms with van der Waals surface area (Å²) in [6.45, 7) is 1.46. The SMILES string of the molecule is O=C(NCCn1cnc2ccsc2c1=O)C1CCCO1. The van der Waals surface area contributed by atoms with Crippen LogP contribution >= 0.6 is 11.3 Å². The molecule has 1 aliphatic rings. The topological polar surface area (TPSA) is 73.2 Å². The van der Waals surface area contributed by atoms with Crippen LogP contribution in [0, 0.1) is 0 Å². The number of ether oxygens (including phenoxy) is 1. The van der Waals surface area contributed by atoms with E-state index in [4.69, 9.17) is 4.74 Å². The molecular weight excluding hydrogens is 278 g/mol. The minimum Gasteiger partial charge on any atom is -0.368 e. The number of fused-ring (bicyclic) bond motifs is 1. The molecule has 106 valence electrons. The number of nitrogens with one attached hydrogen (secondary N) is 1. The molecule has 1 unspecified atom stereocenters. The van der Waals surface area contributed by atoms with Crippen LogP contribution in [0.3, 0.4) is 0 Å². The molecule has 0 aliphatic carbocycles. The first kappa shape index (κ1) is 13.3. The molecule has 6 nitrogen and oxygen atoms in total. The summed E-state index contributed by atoms with van der Waals surface area (Å²) in [5.41, 5.74) is 0.663. The number of thiophene rings is 1. The molecule has 1 atom stereocenters. The quantitative estimate of drug-likeness (QED) is 0.903. The van der Waals surface area contributed by atoms with Gasteiger partial charge >= 0.3 is 0 Å². The highest BCUT2D eigenvalue weighted by Gasteiger charge is 2.22. The highest BCUT2D eigenvalue weighted by molar-refractivity contribution is 7.17. The Morgan fingerprint density at radius 1 is 1.60 bits per heavy atom. The molecule has 0 bridgehead atoms. The maximum Gasteiger partial charge on any atom is 0.271 e. The standard InChI is InChI=1S/C13H15N3O3S/c17-12(10-2-1-6-19-10)14-4-5-16-8-15-9-3-7-20-11(9)13(16)18/h3,7-8,10H,1-2,4-6H2,(H,14,17). The third kappa shape index (κ3) is 2.59. The molecule has 1 aliphatic heterocycles. The zero-order valence-corrected chi connectivity index (χ0v) is 11.7. The van der Waals surface area contributed by atoms with Crippen molar-refractivity contribution in [1.82, 2.24) is 14.9 Å². The average molecular weight is 293 g/mol. The van der Waals surface area contributed by atoms with E-state index in [2.05, 4.69) is 10.3 Å². The van der Waals surface area contributed by atoms with Gasteiger partial charge in [-0.05, 0) is 24.3 Å². The van der Waals surface area contributed by atoms with Crippen molar-refractivity contribution < 1.29 is 9.53 Å². The van der Waals surface area contributed by atoms with E-state index in [9.17, 15) is 9.59 Å². The Morgan fingerprint density at radius 2 is 2.50 bits per heavy atom. The fourth-order valence-electron chi connectivity index (χ4n) is 2.24. The van der Waals surface area contributed by atoms with Gasteiger partial charge in [-0.25, -0.2) is 4.98 Å². The molecule has 0 saturated carbocycles. The van der Waals surface area contributed by atoms with E-state index in [0.717, 1.165) is 18.4 Å². The van der Waals surface area contributed by atoms with Crippen LogP contribution in [0.5, 0.6) is 0 Å². The fourth-order valence-corrected chi connectivity index (χ4v) is 3.03. The van der Waals surface area contributed by atoms with Gasteiger partial charge in [-0.15, -0.1) is 11.3 Å². The Labute approximate surface area is 119 Å². The summed E-state index contributed by atoms with van der Waals surface area (Å²) in [4.78, 5) is 28.1. The van der Waals surface area contributed by atoms with E-state index < -0.39 is 0 Å². The second-order valence-corrected chi connectivity index (χ2v) is 5.59. The summed E-state index contributed by atoms with van der Waals surface area (Å²) >= 11 is 1.39. The van der Waals surface area contributed by atoms with Crippen molar-refractivity contribution in [3.8, 4) is 0 Å². The van der Waals surface area contributed by atoms with Gasteiger partial charge in [0.2, 0.25) is 5.91 Å². The molecule has 2 aromatic rings. The van der Waals surface area contributed by atoms with Crippen LogP contribution < -0.4 is 10.9 Å². The molecule has 1 saturated heterocycles. The molecule has 1 fully saturated rings. The third-order valence-electron chi connectivity index (χ3n) is 3.31. The van der Waals surface area contributed by atoms with Crippen molar-refractivity contribution in [2.45, 2.75) is 25.5 Å². The summed E-state index contributed by atoms with van der Waals surface area (Å²) in [6.07, 6.45) is 2.89. The maximum absolute atomic E-state index is 12.1. The van der Waals surface area contributed by atoms with Crippen molar-refractivity contribution in [1.29, 1.82) is 0 Å². The van der Waals surface area contributed by atoms with E-state index in [1.165, 1.54) is 22.2 Å². The van der Waals surface area contributed by atoms with Gasteiger partial charge in [-0.1, -0.05) is 0 Å². The van der Waals surface area contributed by atoms with Gasteiger partial charge in [0.05, 0.1) is 11.8 Å². The van der Waals surface area contributed by atoms with Gasteiger partial charge in [0.25, 0.3) is 5.56 Å². The Morgan fingerprint density at radius 3 is 3.30 bits per heavy atom. The van der Waals surface area contributed by atoms with Crippen molar-refractivity contribution in [2.75, 3.05) is 13.2 Å². The lowest BCUT2D eigenvalue weighted by molar-refractivity contribution is -0.130. The molecule has 0 spiro atoms. The van der Waals surface area contributed by atoms with Gasteiger partial charge in [-0.3, -0.25) is 14.2 Å². The second kappa shape index (κ2) is 5.72. The molecule has 1 N–H and O–H groups in total. The third-order valence-corrected chi connectivity index (χ3v) is 4.20. The zero-order valence-electron chi connectivity index (χ0n) is 10.9. The number of carbonyl (C=O) groups is 1. The molecule has 7 heteroatoms. The molecule has 3 rings (SSSR count). The van der Waals surface area contributed by atoms with Crippen LogP contribution in [0.2, 0.25) is 0 Å². The smallest absolute Gasteiger partial charge is 0.271 e. The van der Waals surface area contributed by atoms with Crippen LogP contribution in [-0.4, -0.2) is 34.7 Å². The number of rotatable bonds is 4. The average Bonchev–Trinajstić information content (AvgIpc) is 3.11. The van der Waals surface area contributed by atoms with Gasteiger partial charge in [0, 0.05) is 19.7 Å². The van der Waals surface area contributed by atoms with Crippen molar-refractivity contribution in [2.24, 2.45) is 0 Å². The number of hydrogen-bond donors (Lipinski definition) is 1. The molecule has 2 aromatic heterocycles. The normalized spacial score (nSPS) is 18.5. The second-order valence-electron chi connectivity index (χ2n) is 4.67. The van der Waals surface area contributed by atoms with Gasteiger partial charge in [0.15, 0.2) is 0 Å². The highest BCUT2D eigenvalue weighted by atomic mass is 32.1. The van der Waals surface area contributed by atoms with Crippen LogP contribution in [0.1, 0.15) is 12.8 Å². The number of amides is 1. The summed E-state index contributed by atoms with van der Waals surface area (Å²) in [7, 11) is 0. The number of aromatic nitrogens is 2. The predicted octanol–water partition coefficient (Wildman–Crippen LogP) is 0.753. The highest BCUT2D eigenvalue weighted by Crippen LogP contribution is 2.13. The summed E-state index contributed by atoms with van der Waals surface area (Å²) in [5, 5.41) is 4.64. The molecule has 3 heterocycles. The van der Waals surface area contributed by atoms with Crippen molar-refractivity contribution in [3.05, 3.63) is 28.1 Å². The van der Waals surface area contributed by atoms with Crippen molar-refractivity contribution in [3.63, 3.8) is 0 Å². The van der Waals surface area contributed by atoms with Crippen molar-refractivity contribution >= 4 is 27.5 Å². The van der Waals surface area contributed by atoms with Gasteiger partial charge in [0.1, 0.15) is 10.8 Å². The number of nitrogens with zero attached hydrogens (tertiary/aromatic N) is 2. The Balaban J connectivity index is 1.61. The van der Waals surface area contributed by atoms with Crippen LogP contribution in [0.4, 0.5) is 0 Å². The van der Waals surface area contributed by atoms with Crippen LogP contribution in [0.15, 0.2) is 22.6 Å². The fraction of sp³-hybridized carbons (Fsp3) is 0.462. The first-order chi connectivity index (χ1) is 9.75. The first-order valence-corrected chi connectivity index (χ1v) is 7.45. The largest absolute Gasteiger partial charge is 0.368 e. The minimum atomic E-state index is -0.329. The number of carbonyl (C=O) groups excluding carboxylic acids is 1. The van der Waals surface area contributed by atoms with E-state index in [-0.39, 0.29) is 17.6 Å². The van der Waals surface area contributed by atoms with E-state index >= 15 is 0 Å².